The Bertz CT molecular complexity index is 897. The molecule has 2 aromatic carbocycles. The largest absolute Gasteiger partial charge is 0.372 e. The Kier molecular flexibility index (Phi) is 5.75. The van der Waals surface area contributed by atoms with Crippen LogP contribution in [0, 0.1) is 11.6 Å². The van der Waals surface area contributed by atoms with Crippen molar-refractivity contribution in [1.29, 1.82) is 0 Å². The van der Waals surface area contributed by atoms with E-state index in [1.54, 1.807) is 0 Å². The number of nitrogens with one attached hydrogen (secondary N) is 2. The van der Waals surface area contributed by atoms with Gasteiger partial charge in [0.25, 0.3) is 0 Å². The maximum Gasteiger partial charge on any atom is 0.249 e. The number of anilines is 5. The van der Waals surface area contributed by atoms with Crippen LogP contribution >= 0.6 is 0 Å². The van der Waals surface area contributed by atoms with Gasteiger partial charge in [-0.2, -0.15) is 10.1 Å². The molecule has 140 valence electrons. The SMILES string of the molecule is CCN(CC)c1ccc(Nc2nncc(Nc3ccc(F)cc3F)n2)cc1. The predicted octanol–water partition coefficient (Wildman–Crippen LogP) is 4.48. The Morgan fingerprint density at radius 1 is 0.963 bits per heavy atom. The average Bonchev–Trinajstić information content (AvgIpc) is 2.67. The minimum Gasteiger partial charge on any atom is -0.372 e. The van der Waals surface area contributed by atoms with Crippen molar-refractivity contribution in [3.63, 3.8) is 0 Å². The highest BCUT2D eigenvalue weighted by molar-refractivity contribution is 5.61. The van der Waals surface area contributed by atoms with E-state index in [-0.39, 0.29) is 17.5 Å². The summed E-state index contributed by atoms with van der Waals surface area (Å²) in [5, 5.41) is 13.6. The normalized spacial score (nSPS) is 10.5. The number of hydrogen-bond acceptors (Lipinski definition) is 6. The van der Waals surface area contributed by atoms with E-state index < -0.39 is 11.6 Å². The quantitative estimate of drug-likeness (QED) is 0.639. The molecule has 1 aromatic heterocycles. The van der Waals surface area contributed by atoms with Gasteiger partial charge in [0, 0.05) is 30.5 Å². The molecule has 1 heterocycles. The van der Waals surface area contributed by atoms with Gasteiger partial charge in [-0.05, 0) is 50.2 Å². The molecule has 0 spiro atoms. The third kappa shape index (κ3) is 4.66. The Morgan fingerprint density at radius 3 is 2.37 bits per heavy atom. The molecule has 0 saturated heterocycles. The molecular formula is C19H20F2N6. The molecule has 27 heavy (non-hydrogen) atoms. The first-order valence-electron chi connectivity index (χ1n) is 8.63. The first kappa shape index (κ1) is 18.5. The van der Waals surface area contributed by atoms with Gasteiger partial charge < -0.3 is 15.5 Å². The Balaban J connectivity index is 1.72. The van der Waals surface area contributed by atoms with Crippen LogP contribution in [0.5, 0.6) is 0 Å². The van der Waals surface area contributed by atoms with Crippen LogP contribution in [0.15, 0.2) is 48.7 Å². The molecule has 0 fully saturated rings. The topological polar surface area (TPSA) is 66.0 Å². The molecule has 0 aliphatic heterocycles. The van der Waals surface area contributed by atoms with Crippen LogP contribution in [0.4, 0.5) is 37.6 Å². The molecule has 0 aliphatic carbocycles. The summed E-state index contributed by atoms with van der Waals surface area (Å²) in [6.07, 6.45) is 1.36. The van der Waals surface area contributed by atoms with E-state index in [2.05, 4.69) is 44.6 Å². The van der Waals surface area contributed by atoms with Gasteiger partial charge in [-0.15, -0.1) is 5.10 Å². The second kappa shape index (κ2) is 8.39. The van der Waals surface area contributed by atoms with Crippen molar-refractivity contribution in [3.05, 3.63) is 60.3 Å². The van der Waals surface area contributed by atoms with Crippen LogP contribution in [0.25, 0.3) is 0 Å². The Labute approximate surface area is 156 Å². The summed E-state index contributed by atoms with van der Waals surface area (Å²) in [5.74, 6) is -0.805. The molecule has 0 unspecified atom stereocenters. The van der Waals surface area contributed by atoms with E-state index >= 15 is 0 Å². The summed E-state index contributed by atoms with van der Waals surface area (Å²) < 4.78 is 26.8. The number of hydrogen-bond donors (Lipinski definition) is 2. The standard InChI is InChI=1S/C19H20F2N6/c1-3-27(4-2)15-8-6-14(7-9-15)23-19-25-18(12-22-26-19)24-17-10-5-13(20)11-16(17)21/h5-12H,3-4H2,1-2H3,(H2,23,24,25,26). The Morgan fingerprint density at radius 2 is 1.70 bits per heavy atom. The molecule has 0 bridgehead atoms. The van der Waals surface area contributed by atoms with Crippen LogP contribution in [0.1, 0.15) is 13.8 Å². The highest BCUT2D eigenvalue weighted by atomic mass is 19.1. The summed E-state index contributed by atoms with van der Waals surface area (Å²) in [6, 6.07) is 11.1. The molecule has 0 amide bonds. The fourth-order valence-electron chi connectivity index (χ4n) is 2.62. The third-order valence-electron chi connectivity index (χ3n) is 4.00. The Hall–Kier alpha value is -3.29. The monoisotopic (exact) mass is 370 g/mol. The van der Waals surface area contributed by atoms with Gasteiger partial charge in [-0.25, -0.2) is 8.78 Å². The van der Waals surface area contributed by atoms with Crippen LogP contribution in [-0.2, 0) is 0 Å². The van der Waals surface area contributed by atoms with Crippen molar-refractivity contribution in [2.75, 3.05) is 28.6 Å². The van der Waals surface area contributed by atoms with Crippen molar-refractivity contribution < 1.29 is 8.78 Å². The summed E-state index contributed by atoms with van der Waals surface area (Å²) in [6.45, 7) is 6.09. The lowest BCUT2D eigenvalue weighted by molar-refractivity contribution is 0.586. The zero-order chi connectivity index (χ0) is 19.2. The lowest BCUT2D eigenvalue weighted by atomic mass is 10.2. The molecule has 6 nitrogen and oxygen atoms in total. The average molecular weight is 370 g/mol. The number of nitrogens with zero attached hydrogens (tertiary/aromatic N) is 4. The van der Waals surface area contributed by atoms with Gasteiger partial charge in [-0.3, -0.25) is 0 Å². The first-order valence-corrected chi connectivity index (χ1v) is 8.63. The summed E-state index contributed by atoms with van der Waals surface area (Å²) in [4.78, 5) is 6.49. The minimum atomic E-state index is -0.713. The molecular weight excluding hydrogens is 350 g/mol. The molecule has 0 saturated carbocycles. The highest BCUT2D eigenvalue weighted by Gasteiger charge is 2.07. The number of halogens is 2. The lowest BCUT2D eigenvalue weighted by Crippen LogP contribution is -2.21. The maximum atomic E-state index is 13.8. The molecule has 0 atom stereocenters. The zero-order valence-corrected chi connectivity index (χ0v) is 15.1. The van der Waals surface area contributed by atoms with Gasteiger partial charge in [0.1, 0.15) is 11.6 Å². The van der Waals surface area contributed by atoms with Crippen LogP contribution in [-0.4, -0.2) is 28.3 Å². The third-order valence-corrected chi connectivity index (χ3v) is 4.00. The van der Waals surface area contributed by atoms with Crippen molar-refractivity contribution >= 4 is 28.8 Å². The van der Waals surface area contributed by atoms with Crippen LogP contribution in [0.3, 0.4) is 0 Å². The van der Waals surface area contributed by atoms with Gasteiger partial charge in [0.2, 0.25) is 5.95 Å². The van der Waals surface area contributed by atoms with Gasteiger partial charge >= 0.3 is 0 Å². The number of benzene rings is 2. The predicted molar refractivity (Wildman–Crippen MR) is 103 cm³/mol. The lowest BCUT2D eigenvalue weighted by Gasteiger charge is -2.21. The summed E-state index contributed by atoms with van der Waals surface area (Å²) in [5.41, 5.74) is 2.04. The first-order chi connectivity index (χ1) is 13.1. The van der Waals surface area contributed by atoms with E-state index in [1.165, 1.54) is 12.3 Å². The fourth-order valence-corrected chi connectivity index (χ4v) is 2.62. The van der Waals surface area contributed by atoms with Crippen LogP contribution < -0.4 is 15.5 Å². The smallest absolute Gasteiger partial charge is 0.249 e. The van der Waals surface area contributed by atoms with E-state index in [1.807, 2.05) is 24.3 Å². The molecule has 0 aliphatic rings. The van der Waals surface area contributed by atoms with E-state index in [0.29, 0.717) is 0 Å². The molecule has 2 N–H and O–H groups in total. The van der Waals surface area contributed by atoms with E-state index in [9.17, 15) is 8.78 Å². The van der Waals surface area contributed by atoms with Crippen molar-refractivity contribution in [2.45, 2.75) is 13.8 Å². The zero-order valence-electron chi connectivity index (χ0n) is 15.1. The second-order valence-corrected chi connectivity index (χ2v) is 5.76. The van der Waals surface area contributed by atoms with Crippen molar-refractivity contribution in [2.24, 2.45) is 0 Å². The second-order valence-electron chi connectivity index (χ2n) is 5.76. The van der Waals surface area contributed by atoms with E-state index in [4.69, 9.17) is 0 Å². The molecule has 3 rings (SSSR count). The molecule has 3 aromatic rings. The number of rotatable bonds is 7. The highest BCUT2D eigenvalue weighted by Crippen LogP contribution is 2.22. The number of aromatic nitrogens is 3. The summed E-state index contributed by atoms with van der Waals surface area (Å²) >= 11 is 0. The van der Waals surface area contributed by atoms with Crippen molar-refractivity contribution in [3.8, 4) is 0 Å². The summed E-state index contributed by atoms with van der Waals surface area (Å²) in [7, 11) is 0. The van der Waals surface area contributed by atoms with Gasteiger partial charge in [-0.1, -0.05) is 0 Å². The fraction of sp³-hybridized carbons (Fsp3) is 0.211. The van der Waals surface area contributed by atoms with Gasteiger partial charge in [0.15, 0.2) is 5.82 Å². The maximum absolute atomic E-state index is 13.8. The van der Waals surface area contributed by atoms with Gasteiger partial charge in [0.05, 0.1) is 11.9 Å². The van der Waals surface area contributed by atoms with Crippen LogP contribution in [0.2, 0.25) is 0 Å². The molecule has 0 radical (unpaired) electrons. The minimum absolute atomic E-state index is 0.103. The van der Waals surface area contributed by atoms with Crippen molar-refractivity contribution in [1.82, 2.24) is 15.2 Å². The van der Waals surface area contributed by atoms with E-state index in [0.717, 1.165) is 36.6 Å². The molecule has 8 heteroatoms.